The van der Waals surface area contributed by atoms with Gasteiger partial charge in [0.15, 0.2) is 17.9 Å². The van der Waals surface area contributed by atoms with Gasteiger partial charge in [-0.05, 0) is 68.4 Å². The Balaban J connectivity index is 1.11. The van der Waals surface area contributed by atoms with Crippen LogP contribution in [0.1, 0.15) is 65.0 Å². The molecule has 1 aliphatic carbocycles. The molecule has 5 rings (SSSR count). The number of anilines is 1. The van der Waals surface area contributed by atoms with Crippen molar-refractivity contribution in [3.05, 3.63) is 65.0 Å². The molecule has 202 valence electrons. The standard InChI is InChI=1S/C29H36N4O5/c1-19-28(38-18-31-19)17-37-24-8-6-21-15-33(11-10-20(21)12-24)16-23(34)7-9-26(35)25-13-29(30-14-27(25)36-2)32-22-4-3-5-22/h6,8,12-14,18,22-23,34H,3-5,7,9-11,15-17H2,1-2H3,(H,30,32)/t23-/m0/s1. The summed E-state index contributed by atoms with van der Waals surface area (Å²) in [6, 6.07) is 8.35. The minimum atomic E-state index is -0.589. The van der Waals surface area contributed by atoms with E-state index in [4.69, 9.17) is 13.9 Å². The zero-order chi connectivity index (χ0) is 26.5. The first kappa shape index (κ1) is 26.2. The number of oxazole rings is 1. The van der Waals surface area contributed by atoms with Gasteiger partial charge in [0.05, 0.1) is 30.7 Å². The van der Waals surface area contributed by atoms with Crippen LogP contribution in [0.3, 0.4) is 0 Å². The van der Waals surface area contributed by atoms with Crippen molar-refractivity contribution >= 4 is 11.6 Å². The minimum Gasteiger partial charge on any atom is -0.494 e. The van der Waals surface area contributed by atoms with Gasteiger partial charge in [-0.3, -0.25) is 9.69 Å². The fourth-order valence-electron chi connectivity index (χ4n) is 4.93. The summed E-state index contributed by atoms with van der Waals surface area (Å²) in [5.74, 6) is 2.67. The van der Waals surface area contributed by atoms with Crippen LogP contribution in [-0.2, 0) is 19.6 Å². The molecule has 1 aromatic carbocycles. The van der Waals surface area contributed by atoms with Crippen LogP contribution in [-0.4, -0.2) is 58.1 Å². The van der Waals surface area contributed by atoms with Gasteiger partial charge < -0.3 is 24.3 Å². The molecule has 0 saturated heterocycles. The second-order valence-corrected chi connectivity index (χ2v) is 10.2. The van der Waals surface area contributed by atoms with E-state index in [1.54, 1.807) is 19.4 Å². The molecule has 1 saturated carbocycles. The molecule has 0 spiro atoms. The van der Waals surface area contributed by atoms with Crippen molar-refractivity contribution in [2.24, 2.45) is 0 Å². The van der Waals surface area contributed by atoms with Gasteiger partial charge in [0.2, 0.25) is 0 Å². The summed E-state index contributed by atoms with van der Waals surface area (Å²) in [5.41, 5.74) is 3.84. The molecule has 2 aliphatic rings. The van der Waals surface area contributed by atoms with Gasteiger partial charge in [-0.1, -0.05) is 6.07 Å². The lowest BCUT2D eigenvalue weighted by atomic mass is 9.93. The molecule has 38 heavy (non-hydrogen) atoms. The van der Waals surface area contributed by atoms with Crippen LogP contribution in [0.25, 0.3) is 0 Å². The number of aliphatic hydroxyl groups is 1. The van der Waals surface area contributed by atoms with Crippen LogP contribution in [0.4, 0.5) is 5.82 Å². The molecule has 9 nitrogen and oxygen atoms in total. The normalized spacial score (nSPS) is 16.4. The van der Waals surface area contributed by atoms with E-state index in [-0.39, 0.29) is 12.2 Å². The van der Waals surface area contributed by atoms with Crippen LogP contribution in [0.5, 0.6) is 11.5 Å². The highest BCUT2D eigenvalue weighted by molar-refractivity contribution is 5.99. The molecule has 0 amide bonds. The van der Waals surface area contributed by atoms with E-state index in [2.05, 4.69) is 32.3 Å². The molecular weight excluding hydrogens is 484 g/mol. The average molecular weight is 521 g/mol. The summed E-state index contributed by atoms with van der Waals surface area (Å²) in [7, 11) is 1.54. The lowest BCUT2D eigenvalue weighted by Gasteiger charge is -2.30. The van der Waals surface area contributed by atoms with Crippen molar-refractivity contribution in [2.45, 2.75) is 70.7 Å². The Labute approximate surface area is 223 Å². The number of hydrogen-bond donors (Lipinski definition) is 2. The van der Waals surface area contributed by atoms with Gasteiger partial charge in [-0.2, -0.15) is 0 Å². The average Bonchev–Trinajstić information content (AvgIpc) is 3.32. The van der Waals surface area contributed by atoms with Gasteiger partial charge in [0.25, 0.3) is 0 Å². The molecule has 0 radical (unpaired) electrons. The van der Waals surface area contributed by atoms with E-state index in [1.807, 2.05) is 13.0 Å². The SMILES string of the molecule is COc1cnc(NC2CCC2)cc1C(=O)CC[C@H](O)CN1CCc2cc(OCc3ocnc3C)ccc2C1. The Hall–Kier alpha value is -3.43. The van der Waals surface area contributed by atoms with Crippen LogP contribution >= 0.6 is 0 Å². The number of aryl methyl sites for hydroxylation is 1. The van der Waals surface area contributed by atoms with Crippen molar-refractivity contribution in [1.29, 1.82) is 0 Å². The minimum absolute atomic E-state index is 0.0444. The van der Waals surface area contributed by atoms with E-state index in [0.29, 0.717) is 42.7 Å². The summed E-state index contributed by atoms with van der Waals surface area (Å²) in [4.78, 5) is 23.7. The Morgan fingerprint density at radius 1 is 1.26 bits per heavy atom. The van der Waals surface area contributed by atoms with E-state index in [1.165, 1.54) is 23.9 Å². The Bertz CT molecular complexity index is 1260. The highest BCUT2D eigenvalue weighted by atomic mass is 16.5. The fraction of sp³-hybridized carbons (Fsp3) is 0.483. The molecular formula is C29H36N4O5. The van der Waals surface area contributed by atoms with Gasteiger partial charge in [0.1, 0.15) is 23.9 Å². The summed E-state index contributed by atoms with van der Waals surface area (Å²) in [6.07, 6.45) is 7.44. The maximum absolute atomic E-state index is 13.0. The van der Waals surface area contributed by atoms with Gasteiger partial charge in [-0.15, -0.1) is 0 Å². The number of carbonyl (C=O) groups excluding carboxylic acids is 1. The van der Waals surface area contributed by atoms with Crippen LogP contribution in [0.15, 0.2) is 41.3 Å². The molecule has 1 atom stereocenters. The number of aliphatic hydroxyl groups excluding tert-OH is 1. The number of nitrogens with one attached hydrogen (secondary N) is 1. The number of benzene rings is 1. The first-order chi connectivity index (χ1) is 18.5. The second-order valence-electron chi connectivity index (χ2n) is 10.2. The van der Waals surface area contributed by atoms with E-state index in [0.717, 1.165) is 49.6 Å². The predicted octanol–water partition coefficient (Wildman–Crippen LogP) is 4.31. The van der Waals surface area contributed by atoms with E-state index < -0.39 is 6.10 Å². The molecule has 3 aromatic rings. The number of hydrogen-bond acceptors (Lipinski definition) is 9. The highest BCUT2D eigenvalue weighted by Gasteiger charge is 2.22. The number of aromatic nitrogens is 2. The number of carbonyl (C=O) groups is 1. The zero-order valence-corrected chi connectivity index (χ0v) is 22.1. The lowest BCUT2D eigenvalue weighted by Crippen LogP contribution is -2.36. The van der Waals surface area contributed by atoms with Crippen molar-refractivity contribution in [2.75, 3.05) is 25.5 Å². The summed E-state index contributed by atoms with van der Waals surface area (Å²) < 4.78 is 16.6. The molecule has 2 N–H and O–H groups in total. The molecule has 0 unspecified atom stereocenters. The van der Waals surface area contributed by atoms with Crippen molar-refractivity contribution < 1.29 is 23.8 Å². The highest BCUT2D eigenvalue weighted by Crippen LogP contribution is 2.28. The number of β-amino-alcohol motifs (C(OH)–C–C–N with tert-alkyl or cyclic N) is 1. The fourth-order valence-corrected chi connectivity index (χ4v) is 4.93. The summed E-state index contributed by atoms with van der Waals surface area (Å²) >= 11 is 0. The Kier molecular flexibility index (Phi) is 8.24. The van der Waals surface area contributed by atoms with Crippen LogP contribution in [0, 0.1) is 6.92 Å². The number of Topliss-reactive ketones (excluding diaryl/α,β-unsaturated/α-hetero) is 1. The maximum atomic E-state index is 13.0. The first-order valence-corrected chi connectivity index (χ1v) is 13.4. The topological polar surface area (TPSA) is 110 Å². The number of ketones is 1. The quantitative estimate of drug-likeness (QED) is 0.338. The summed E-state index contributed by atoms with van der Waals surface area (Å²) in [5, 5.41) is 14.1. The van der Waals surface area contributed by atoms with Crippen LogP contribution in [0.2, 0.25) is 0 Å². The van der Waals surface area contributed by atoms with Crippen molar-refractivity contribution in [3.63, 3.8) is 0 Å². The summed E-state index contributed by atoms with van der Waals surface area (Å²) in [6.45, 7) is 4.38. The number of nitrogens with zero attached hydrogens (tertiary/aromatic N) is 3. The Morgan fingerprint density at radius 3 is 2.87 bits per heavy atom. The molecule has 1 fully saturated rings. The van der Waals surface area contributed by atoms with Crippen molar-refractivity contribution in [3.8, 4) is 11.5 Å². The molecule has 0 bridgehead atoms. The Morgan fingerprint density at radius 2 is 2.13 bits per heavy atom. The molecule has 1 aliphatic heterocycles. The van der Waals surface area contributed by atoms with Crippen LogP contribution < -0.4 is 14.8 Å². The third kappa shape index (κ3) is 6.34. The largest absolute Gasteiger partial charge is 0.494 e. The molecule has 9 heteroatoms. The van der Waals surface area contributed by atoms with E-state index >= 15 is 0 Å². The maximum Gasteiger partial charge on any atom is 0.181 e. The van der Waals surface area contributed by atoms with E-state index in [9.17, 15) is 9.90 Å². The molecule has 2 aromatic heterocycles. The predicted molar refractivity (Wildman–Crippen MR) is 143 cm³/mol. The first-order valence-electron chi connectivity index (χ1n) is 13.4. The third-order valence-electron chi connectivity index (χ3n) is 7.50. The smallest absolute Gasteiger partial charge is 0.181 e. The van der Waals surface area contributed by atoms with Gasteiger partial charge in [-0.25, -0.2) is 9.97 Å². The monoisotopic (exact) mass is 520 g/mol. The van der Waals surface area contributed by atoms with Gasteiger partial charge in [0, 0.05) is 32.1 Å². The number of rotatable bonds is 12. The zero-order valence-electron chi connectivity index (χ0n) is 22.1. The second kappa shape index (κ2) is 12.0. The van der Waals surface area contributed by atoms with Gasteiger partial charge >= 0.3 is 0 Å². The number of ether oxygens (including phenoxy) is 2. The lowest BCUT2D eigenvalue weighted by molar-refractivity contribution is 0.0834. The van der Waals surface area contributed by atoms with Crippen molar-refractivity contribution in [1.82, 2.24) is 14.9 Å². The third-order valence-corrected chi connectivity index (χ3v) is 7.50. The number of methoxy groups -OCH3 is 1. The number of fused-ring (bicyclic) bond motifs is 1. The molecule has 3 heterocycles. The number of pyridine rings is 1.